The maximum Gasteiger partial charge on any atom is 0.337 e. The van der Waals surface area contributed by atoms with Crippen molar-refractivity contribution in [3.8, 4) is 22.5 Å². The average Bonchev–Trinajstić information content (AvgIpc) is 3.82. The van der Waals surface area contributed by atoms with Gasteiger partial charge in [-0.25, -0.2) is 9.78 Å². The molecule has 4 heterocycles. The van der Waals surface area contributed by atoms with Crippen LogP contribution in [-0.4, -0.2) is 64.1 Å². The van der Waals surface area contributed by atoms with Crippen LogP contribution >= 0.6 is 34.8 Å². The number of hydrogen-bond donors (Lipinski definition) is 2. The number of aromatic amines is 1. The lowest BCUT2D eigenvalue weighted by molar-refractivity contribution is -0.136. The van der Waals surface area contributed by atoms with Gasteiger partial charge in [0.15, 0.2) is 0 Å². The van der Waals surface area contributed by atoms with Crippen molar-refractivity contribution in [2.45, 2.75) is 51.1 Å². The van der Waals surface area contributed by atoms with E-state index in [1.54, 1.807) is 12.1 Å². The van der Waals surface area contributed by atoms with E-state index in [9.17, 15) is 9.59 Å². The molecule has 0 bridgehead atoms. The van der Waals surface area contributed by atoms with Crippen molar-refractivity contribution in [2.75, 3.05) is 37.0 Å². The number of nitrogens with one attached hydrogen (secondary N) is 2. The fraction of sp³-hybridized carbons (Fsp3) is 0.267. The summed E-state index contributed by atoms with van der Waals surface area (Å²) in [5.41, 5.74) is 8.47. The number of halogens is 3. The van der Waals surface area contributed by atoms with E-state index < -0.39 is 5.97 Å². The summed E-state index contributed by atoms with van der Waals surface area (Å²) in [7, 11) is 1.38. The number of hydrogen-bond acceptors (Lipinski definition) is 6. The summed E-state index contributed by atoms with van der Waals surface area (Å²) in [6.45, 7) is 9.04. The normalized spacial score (nSPS) is 15.6. The van der Waals surface area contributed by atoms with Crippen LogP contribution in [0.5, 0.6) is 0 Å². The molecule has 0 radical (unpaired) electrons. The Kier molecular flexibility index (Phi) is 11.1. The summed E-state index contributed by atoms with van der Waals surface area (Å²) in [5, 5.41) is 6.24. The molecule has 8 rings (SSSR count). The molecule has 12 heteroatoms. The van der Waals surface area contributed by atoms with Gasteiger partial charge < -0.3 is 29.4 Å². The summed E-state index contributed by atoms with van der Waals surface area (Å²) in [5.74, 6) is -0.177. The summed E-state index contributed by atoms with van der Waals surface area (Å²) < 4.78 is 7.26. The summed E-state index contributed by atoms with van der Waals surface area (Å²) in [6.07, 6.45) is 6.23. The number of methoxy groups -OCH3 is 1. The maximum atomic E-state index is 12.9. The van der Waals surface area contributed by atoms with E-state index in [1.165, 1.54) is 7.11 Å². The Morgan fingerprint density at radius 2 is 1.70 bits per heavy atom. The monoisotopic (exact) mass is 820 g/mol. The zero-order valence-corrected chi connectivity index (χ0v) is 34.1. The molecular weight excluding hydrogens is 779 g/mol. The molecule has 57 heavy (non-hydrogen) atoms. The standard InChI is InChI=1S/C45H43Cl3N6O3/c1-27(50-38-23-30(45(56)57-3)12-17-39(38)52-21-18-33(19-22-52)53-20-8-7-11-40(53)55)42-41(35-16-14-32(47)25-37(35)51-42)44-43(29-9-5-4-6-10-29)49-26-54(44)28(2)34-15-13-31(46)24-36(34)48/h4-6,9-10,12-17,23-26,28,33,50-51H,1,7-8,11,18-22H2,2-3H3. The number of aromatic nitrogens is 3. The SMILES string of the molecule is C=C(Nc1cc(C(=O)OC)ccc1N1CCC(N2CCCCC2=O)CC1)c1[nH]c2cc(Cl)ccc2c1-c1c(-c2ccccc2)ncn1C(C)c1ccc(Cl)cc1Cl. The minimum Gasteiger partial charge on any atom is -0.465 e. The van der Waals surface area contributed by atoms with Gasteiger partial charge in [-0.15, -0.1) is 0 Å². The summed E-state index contributed by atoms with van der Waals surface area (Å²) in [4.78, 5) is 38.7. The van der Waals surface area contributed by atoms with Crippen molar-refractivity contribution in [2.24, 2.45) is 0 Å². The van der Waals surface area contributed by atoms with Crippen LogP contribution in [0.4, 0.5) is 11.4 Å². The Balaban J connectivity index is 1.23. The van der Waals surface area contributed by atoms with Crippen molar-refractivity contribution in [3.05, 3.63) is 130 Å². The number of carbonyl (C=O) groups is 2. The van der Waals surface area contributed by atoms with Crippen molar-refractivity contribution < 1.29 is 14.3 Å². The predicted octanol–water partition coefficient (Wildman–Crippen LogP) is 11.1. The van der Waals surface area contributed by atoms with Crippen molar-refractivity contribution in [1.29, 1.82) is 0 Å². The maximum absolute atomic E-state index is 12.9. The lowest BCUT2D eigenvalue weighted by atomic mass is 9.98. The number of rotatable bonds is 10. The molecule has 9 nitrogen and oxygen atoms in total. The van der Waals surface area contributed by atoms with E-state index in [0.29, 0.717) is 38.4 Å². The molecule has 2 aliphatic rings. The molecule has 2 saturated heterocycles. The van der Waals surface area contributed by atoms with Crippen LogP contribution in [0, 0.1) is 0 Å². The highest BCUT2D eigenvalue weighted by Gasteiger charge is 2.31. The van der Waals surface area contributed by atoms with Crippen LogP contribution < -0.4 is 10.2 Å². The number of fused-ring (bicyclic) bond motifs is 1. The van der Waals surface area contributed by atoms with Gasteiger partial charge in [0, 0.05) is 69.2 Å². The largest absolute Gasteiger partial charge is 0.465 e. The fourth-order valence-electron chi connectivity index (χ4n) is 8.35. The van der Waals surface area contributed by atoms with Crippen molar-refractivity contribution in [3.63, 3.8) is 0 Å². The number of likely N-dealkylation sites (tertiary alicyclic amines) is 1. The van der Waals surface area contributed by atoms with Gasteiger partial charge in [0.25, 0.3) is 0 Å². The first kappa shape index (κ1) is 38.6. The molecule has 0 spiro atoms. The zero-order chi connectivity index (χ0) is 39.8. The minimum atomic E-state index is -0.440. The summed E-state index contributed by atoms with van der Waals surface area (Å²) >= 11 is 19.7. The van der Waals surface area contributed by atoms with Crippen LogP contribution in [0.3, 0.4) is 0 Å². The summed E-state index contributed by atoms with van der Waals surface area (Å²) in [6, 6.07) is 26.9. The highest BCUT2D eigenvalue weighted by atomic mass is 35.5. The smallest absolute Gasteiger partial charge is 0.337 e. The molecule has 2 aliphatic heterocycles. The number of H-pyrrole nitrogens is 1. The molecule has 292 valence electrons. The highest BCUT2D eigenvalue weighted by molar-refractivity contribution is 6.35. The van der Waals surface area contributed by atoms with Gasteiger partial charge >= 0.3 is 5.97 Å². The number of anilines is 2. The molecule has 0 aliphatic carbocycles. The minimum absolute atomic E-state index is 0.226. The van der Waals surface area contributed by atoms with E-state index in [4.69, 9.17) is 44.5 Å². The molecule has 1 atom stereocenters. The third kappa shape index (κ3) is 7.64. The Labute approximate surface area is 347 Å². The third-order valence-corrected chi connectivity index (χ3v) is 12.1. The number of esters is 1. The molecule has 2 aromatic heterocycles. The fourth-order valence-corrected chi connectivity index (χ4v) is 9.09. The van der Waals surface area contributed by atoms with E-state index >= 15 is 0 Å². The van der Waals surface area contributed by atoms with Crippen LogP contribution in [0.15, 0.2) is 97.8 Å². The molecule has 6 aromatic rings. The number of amides is 1. The Hall–Kier alpha value is -5.22. The van der Waals surface area contributed by atoms with Gasteiger partial charge in [-0.2, -0.15) is 0 Å². The predicted molar refractivity (Wildman–Crippen MR) is 231 cm³/mol. The van der Waals surface area contributed by atoms with E-state index in [1.807, 2.05) is 79.1 Å². The quantitative estimate of drug-likeness (QED) is 0.134. The van der Waals surface area contributed by atoms with E-state index in [0.717, 1.165) is 95.7 Å². The molecule has 2 N–H and O–H groups in total. The Bertz CT molecular complexity index is 2490. The van der Waals surface area contributed by atoms with Gasteiger partial charge in [0.05, 0.1) is 59.2 Å². The first-order valence-electron chi connectivity index (χ1n) is 19.2. The average molecular weight is 822 g/mol. The van der Waals surface area contributed by atoms with Crippen LogP contribution in [0.2, 0.25) is 15.1 Å². The lowest BCUT2D eigenvalue weighted by Crippen LogP contribution is -2.49. The molecule has 1 unspecified atom stereocenters. The van der Waals surface area contributed by atoms with Crippen LogP contribution in [0.1, 0.15) is 66.7 Å². The van der Waals surface area contributed by atoms with Crippen molar-refractivity contribution in [1.82, 2.24) is 19.4 Å². The Morgan fingerprint density at radius 1 is 0.947 bits per heavy atom. The lowest BCUT2D eigenvalue weighted by Gasteiger charge is -2.41. The topological polar surface area (TPSA) is 95.5 Å². The second-order valence-corrected chi connectivity index (χ2v) is 16.0. The number of nitrogens with zero attached hydrogens (tertiary/aromatic N) is 4. The first-order valence-corrected chi connectivity index (χ1v) is 20.4. The van der Waals surface area contributed by atoms with Crippen LogP contribution in [-0.2, 0) is 9.53 Å². The van der Waals surface area contributed by atoms with E-state index in [2.05, 4.69) is 38.2 Å². The molecule has 1 amide bonds. The number of imidazole rings is 1. The van der Waals surface area contributed by atoms with Gasteiger partial charge in [-0.3, -0.25) is 4.79 Å². The van der Waals surface area contributed by atoms with Gasteiger partial charge in [-0.05, 0) is 80.6 Å². The number of benzene rings is 4. The number of ether oxygens (including phenoxy) is 1. The third-order valence-electron chi connectivity index (χ3n) is 11.3. The highest BCUT2D eigenvalue weighted by Crippen LogP contribution is 2.44. The Morgan fingerprint density at radius 3 is 2.44 bits per heavy atom. The second kappa shape index (κ2) is 16.3. The van der Waals surface area contributed by atoms with Gasteiger partial charge in [0.1, 0.15) is 0 Å². The molecule has 4 aromatic carbocycles. The van der Waals surface area contributed by atoms with Gasteiger partial charge in [0.2, 0.25) is 5.91 Å². The molecule has 0 saturated carbocycles. The molecule has 2 fully saturated rings. The number of carbonyl (C=O) groups excluding carboxylic acids is 2. The molecular formula is C45H43Cl3N6O3. The first-order chi connectivity index (χ1) is 27.6. The van der Waals surface area contributed by atoms with Crippen molar-refractivity contribution >= 4 is 74.7 Å². The van der Waals surface area contributed by atoms with E-state index in [-0.39, 0.29) is 18.0 Å². The van der Waals surface area contributed by atoms with Crippen LogP contribution in [0.25, 0.3) is 39.1 Å². The van der Waals surface area contributed by atoms with Gasteiger partial charge in [-0.1, -0.05) is 83.8 Å². The zero-order valence-electron chi connectivity index (χ0n) is 31.8. The second-order valence-electron chi connectivity index (χ2n) is 14.7. The number of piperidine rings is 2.